The molecule has 1 aromatic heterocycles. The molecule has 0 bridgehead atoms. The zero-order chi connectivity index (χ0) is 13.9. The van der Waals surface area contributed by atoms with Crippen molar-refractivity contribution in [1.82, 2.24) is 10.3 Å². The Kier molecular flexibility index (Phi) is 4.70. The van der Waals surface area contributed by atoms with Crippen LogP contribution in [0.3, 0.4) is 0 Å². The Labute approximate surface area is 130 Å². The largest absolute Gasteiger partial charge is 0.361 e. The van der Waals surface area contributed by atoms with Crippen molar-refractivity contribution >= 4 is 30.3 Å². The Morgan fingerprint density at radius 1 is 1.05 bits per heavy atom. The van der Waals surface area contributed by atoms with E-state index in [1.165, 1.54) is 0 Å². The number of carbonyl (C=O) groups is 1. The van der Waals surface area contributed by atoms with E-state index in [1.807, 2.05) is 67.7 Å². The van der Waals surface area contributed by atoms with Crippen molar-refractivity contribution in [3.8, 4) is 0 Å². The molecule has 21 heavy (non-hydrogen) atoms. The first kappa shape index (κ1) is 15.2. The number of aromatic nitrogens is 1. The zero-order valence-corrected chi connectivity index (χ0v) is 12.8. The lowest BCUT2D eigenvalue weighted by Gasteiger charge is -2.14. The molecule has 108 valence electrons. The van der Waals surface area contributed by atoms with Gasteiger partial charge in [-0.2, -0.15) is 13.5 Å². The summed E-state index contributed by atoms with van der Waals surface area (Å²) in [6.07, 6.45) is 1.85. The smallest absolute Gasteiger partial charge is 0.252 e. The molecule has 0 saturated heterocycles. The second-order valence-corrected chi connectivity index (χ2v) is 4.85. The third-order valence-electron chi connectivity index (χ3n) is 3.49. The van der Waals surface area contributed by atoms with Crippen molar-refractivity contribution in [2.75, 3.05) is 0 Å². The summed E-state index contributed by atoms with van der Waals surface area (Å²) < 4.78 is 0. The van der Waals surface area contributed by atoms with E-state index in [1.54, 1.807) is 0 Å². The number of rotatable bonds is 3. The van der Waals surface area contributed by atoms with Gasteiger partial charge in [0, 0.05) is 22.7 Å². The average Bonchev–Trinajstić information content (AvgIpc) is 2.96. The molecule has 4 heteroatoms. The Bertz CT molecular complexity index is 737. The topological polar surface area (TPSA) is 44.9 Å². The van der Waals surface area contributed by atoms with Crippen LogP contribution in [0.1, 0.15) is 28.9 Å². The Hall–Kier alpha value is -2.20. The number of fused-ring (bicyclic) bond motifs is 1. The van der Waals surface area contributed by atoms with E-state index in [0.29, 0.717) is 5.56 Å². The quantitative estimate of drug-likeness (QED) is 0.759. The van der Waals surface area contributed by atoms with Crippen molar-refractivity contribution in [3.05, 3.63) is 71.9 Å². The molecule has 3 nitrogen and oxygen atoms in total. The summed E-state index contributed by atoms with van der Waals surface area (Å²) in [6, 6.07) is 17.6. The van der Waals surface area contributed by atoms with Crippen LogP contribution >= 0.6 is 13.5 Å². The predicted molar refractivity (Wildman–Crippen MR) is 91.0 cm³/mol. The van der Waals surface area contributed by atoms with Crippen molar-refractivity contribution < 1.29 is 4.79 Å². The highest BCUT2D eigenvalue weighted by Gasteiger charge is 2.13. The van der Waals surface area contributed by atoms with E-state index in [9.17, 15) is 4.79 Å². The maximum atomic E-state index is 12.4. The van der Waals surface area contributed by atoms with Crippen LogP contribution in [0, 0.1) is 0 Å². The lowest BCUT2D eigenvalue weighted by atomic mass is 10.1. The van der Waals surface area contributed by atoms with E-state index in [4.69, 9.17) is 0 Å². The van der Waals surface area contributed by atoms with Gasteiger partial charge in [0.2, 0.25) is 0 Å². The number of hydrogen-bond acceptors (Lipinski definition) is 1. The molecule has 0 saturated carbocycles. The molecule has 1 heterocycles. The monoisotopic (exact) mass is 298 g/mol. The lowest BCUT2D eigenvalue weighted by Crippen LogP contribution is -2.26. The Morgan fingerprint density at radius 2 is 1.81 bits per heavy atom. The second kappa shape index (κ2) is 6.50. The molecule has 1 amide bonds. The molecule has 3 rings (SSSR count). The van der Waals surface area contributed by atoms with Crippen molar-refractivity contribution in [3.63, 3.8) is 0 Å². The van der Waals surface area contributed by atoms with Gasteiger partial charge in [-0.3, -0.25) is 4.79 Å². The van der Waals surface area contributed by atoms with Crippen LogP contribution in [0.2, 0.25) is 0 Å². The Morgan fingerprint density at radius 3 is 2.57 bits per heavy atom. The standard InChI is InChI=1S/C17H16N2O.H2S/c1-12(13-6-3-2-4-7-13)19-17(20)15-8-5-9-16-14(15)10-11-18-16;/h2-12,18H,1H3,(H,19,20);1H2/t12-;/m0./s1. The molecule has 1 atom stereocenters. The average molecular weight is 298 g/mol. The van der Waals surface area contributed by atoms with Gasteiger partial charge in [-0.25, -0.2) is 0 Å². The maximum Gasteiger partial charge on any atom is 0.252 e. The zero-order valence-electron chi connectivity index (χ0n) is 11.8. The first-order chi connectivity index (χ1) is 9.75. The lowest BCUT2D eigenvalue weighted by molar-refractivity contribution is 0.0941. The van der Waals surface area contributed by atoms with Crippen molar-refractivity contribution in [2.45, 2.75) is 13.0 Å². The van der Waals surface area contributed by atoms with Gasteiger partial charge in [-0.1, -0.05) is 36.4 Å². The number of benzene rings is 2. The molecule has 2 N–H and O–H groups in total. The summed E-state index contributed by atoms with van der Waals surface area (Å²) in [5.41, 5.74) is 2.78. The minimum absolute atomic E-state index is 0. The highest BCUT2D eigenvalue weighted by molar-refractivity contribution is 7.59. The molecule has 0 aliphatic rings. The molecule has 0 unspecified atom stereocenters. The fraction of sp³-hybridized carbons (Fsp3) is 0.118. The number of carbonyl (C=O) groups excluding carboxylic acids is 1. The van der Waals surface area contributed by atoms with Crippen LogP contribution < -0.4 is 5.32 Å². The van der Waals surface area contributed by atoms with E-state index in [2.05, 4.69) is 10.3 Å². The fourth-order valence-electron chi connectivity index (χ4n) is 2.38. The van der Waals surface area contributed by atoms with Gasteiger partial charge in [-0.15, -0.1) is 0 Å². The van der Waals surface area contributed by atoms with Gasteiger partial charge >= 0.3 is 0 Å². The van der Waals surface area contributed by atoms with E-state index in [0.717, 1.165) is 16.5 Å². The van der Waals surface area contributed by atoms with E-state index < -0.39 is 0 Å². The van der Waals surface area contributed by atoms with Crippen LogP contribution in [-0.4, -0.2) is 10.9 Å². The third kappa shape index (κ3) is 3.11. The molecular formula is C17H18N2OS. The molecule has 0 radical (unpaired) electrons. The van der Waals surface area contributed by atoms with Crippen molar-refractivity contribution in [1.29, 1.82) is 0 Å². The molecule has 0 aliphatic heterocycles. The van der Waals surface area contributed by atoms with Crippen LogP contribution in [0.4, 0.5) is 0 Å². The number of aromatic amines is 1. The van der Waals surface area contributed by atoms with E-state index >= 15 is 0 Å². The van der Waals surface area contributed by atoms with Crippen LogP contribution in [0.25, 0.3) is 10.9 Å². The first-order valence-electron chi connectivity index (χ1n) is 6.67. The molecule has 0 spiro atoms. The normalized spacial score (nSPS) is 11.7. The molecule has 0 fully saturated rings. The summed E-state index contributed by atoms with van der Waals surface area (Å²) in [5.74, 6) is -0.0495. The number of H-pyrrole nitrogens is 1. The van der Waals surface area contributed by atoms with Gasteiger partial charge in [0.15, 0.2) is 0 Å². The summed E-state index contributed by atoms with van der Waals surface area (Å²) >= 11 is 0. The van der Waals surface area contributed by atoms with Crippen LogP contribution in [-0.2, 0) is 0 Å². The summed E-state index contributed by atoms with van der Waals surface area (Å²) in [7, 11) is 0. The summed E-state index contributed by atoms with van der Waals surface area (Å²) in [5, 5.41) is 3.99. The SMILES string of the molecule is C[C@H](NC(=O)c1cccc2[nH]ccc12)c1ccccc1.S. The highest BCUT2D eigenvalue weighted by atomic mass is 32.1. The minimum atomic E-state index is -0.0495. The van der Waals surface area contributed by atoms with Crippen molar-refractivity contribution in [2.24, 2.45) is 0 Å². The van der Waals surface area contributed by atoms with Gasteiger partial charge < -0.3 is 10.3 Å². The second-order valence-electron chi connectivity index (χ2n) is 4.85. The number of amides is 1. The van der Waals surface area contributed by atoms with E-state index in [-0.39, 0.29) is 25.4 Å². The predicted octanol–water partition coefficient (Wildman–Crippen LogP) is 3.77. The molecule has 2 aromatic carbocycles. The first-order valence-corrected chi connectivity index (χ1v) is 6.67. The fourth-order valence-corrected chi connectivity index (χ4v) is 2.38. The maximum absolute atomic E-state index is 12.4. The molecular weight excluding hydrogens is 280 g/mol. The van der Waals surface area contributed by atoms with Gasteiger partial charge in [0.25, 0.3) is 5.91 Å². The minimum Gasteiger partial charge on any atom is -0.361 e. The third-order valence-corrected chi connectivity index (χ3v) is 3.49. The number of nitrogens with one attached hydrogen (secondary N) is 2. The highest BCUT2D eigenvalue weighted by Crippen LogP contribution is 2.19. The number of hydrogen-bond donors (Lipinski definition) is 2. The Balaban J connectivity index is 0.00000161. The van der Waals surface area contributed by atoms with Gasteiger partial charge in [-0.05, 0) is 30.7 Å². The van der Waals surface area contributed by atoms with Crippen LogP contribution in [0.5, 0.6) is 0 Å². The summed E-state index contributed by atoms with van der Waals surface area (Å²) in [6.45, 7) is 1.99. The van der Waals surface area contributed by atoms with Gasteiger partial charge in [0.05, 0.1) is 6.04 Å². The summed E-state index contributed by atoms with van der Waals surface area (Å²) in [4.78, 5) is 15.5. The van der Waals surface area contributed by atoms with Gasteiger partial charge in [0.1, 0.15) is 0 Å². The molecule has 3 aromatic rings. The van der Waals surface area contributed by atoms with Crippen LogP contribution in [0.15, 0.2) is 60.8 Å². The molecule has 0 aliphatic carbocycles.